The van der Waals surface area contributed by atoms with E-state index in [4.69, 9.17) is 4.74 Å². The van der Waals surface area contributed by atoms with Crippen molar-refractivity contribution in [2.45, 2.75) is 18.2 Å². The van der Waals surface area contributed by atoms with Gasteiger partial charge in [0.2, 0.25) is 5.91 Å². The standard InChI is InChI=1S/C24H23NO5S/c1-17-8-13-22(21(16-17)24(27)18-6-4-3-5-7-18)25-23(26)14-15-31(28,29)20-11-9-19(30-2)10-12-20/h3-13,16H,14-15H2,1-2H3,(H,25,26). The average Bonchev–Trinajstić information content (AvgIpc) is 2.79. The first kappa shape index (κ1) is 22.2. The van der Waals surface area contributed by atoms with E-state index in [-0.39, 0.29) is 22.9 Å². The van der Waals surface area contributed by atoms with Gasteiger partial charge in [-0.15, -0.1) is 0 Å². The van der Waals surface area contributed by atoms with Crippen molar-refractivity contribution in [2.24, 2.45) is 0 Å². The molecule has 0 heterocycles. The quantitative estimate of drug-likeness (QED) is 0.537. The molecule has 0 fully saturated rings. The van der Waals surface area contributed by atoms with Crippen LogP contribution in [0.4, 0.5) is 5.69 Å². The normalized spacial score (nSPS) is 11.0. The highest BCUT2D eigenvalue weighted by Gasteiger charge is 2.19. The van der Waals surface area contributed by atoms with Crippen LogP contribution in [0.15, 0.2) is 77.7 Å². The molecule has 0 unspecified atom stereocenters. The van der Waals surface area contributed by atoms with Crippen LogP contribution in [-0.2, 0) is 14.6 Å². The molecule has 3 rings (SSSR count). The summed E-state index contributed by atoms with van der Waals surface area (Å²) < 4.78 is 30.1. The maximum atomic E-state index is 12.9. The van der Waals surface area contributed by atoms with Crippen molar-refractivity contribution in [3.8, 4) is 5.75 Å². The smallest absolute Gasteiger partial charge is 0.225 e. The lowest BCUT2D eigenvalue weighted by molar-refractivity contribution is -0.115. The third-order valence-corrected chi connectivity index (χ3v) is 6.48. The number of methoxy groups -OCH3 is 1. The molecule has 31 heavy (non-hydrogen) atoms. The number of ether oxygens (including phenoxy) is 1. The summed E-state index contributed by atoms with van der Waals surface area (Å²) in [6.07, 6.45) is -0.235. The third kappa shape index (κ3) is 5.58. The number of ketones is 1. The molecule has 3 aromatic carbocycles. The van der Waals surface area contributed by atoms with E-state index in [1.807, 2.05) is 13.0 Å². The molecule has 0 spiro atoms. The van der Waals surface area contributed by atoms with Gasteiger partial charge in [-0.2, -0.15) is 0 Å². The van der Waals surface area contributed by atoms with E-state index in [1.165, 1.54) is 19.2 Å². The number of amides is 1. The van der Waals surface area contributed by atoms with Crippen LogP contribution in [0.25, 0.3) is 0 Å². The zero-order valence-electron chi connectivity index (χ0n) is 17.3. The van der Waals surface area contributed by atoms with Gasteiger partial charge in [0, 0.05) is 17.5 Å². The number of nitrogens with one attached hydrogen (secondary N) is 1. The lowest BCUT2D eigenvalue weighted by Gasteiger charge is -2.12. The Morgan fingerprint density at radius 1 is 0.935 bits per heavy atom. The van der Waals surface area contributed by atoms with Crippen molar-refractivity contribution in [3.63, 3.8) is 0 Å². The van der Waals surface area contributed by atoms with Crippen molar-refractivity contribution in [1.29, 1.82) is 0 Å². The minimum atomic E-state index is -3.63. The van der Waals surface area contributed by atoms with Crippen molar-refractivity contribution in [3.05, 3.63) is 89.5 Å². The molecule has 0 saturated heterocycles. The number of carbonyl (C=O) groups excluding carboxylic acids is 2. The summed E-state index contributed by atoms with van der Waals surface area (Å²) in [5.41, 5.74) is 2.09. The Bertz CT molecular complexity index is 1190. The van der Waals surface area contributed by atoms with Crippen molar-refractivity contribution in [1.82, 2.24) is 0 Å². The van der Waals surface area contributed by atoms with Gasteiger partial charge < -0.3 is 10.1 Å². The number of hydrogen-bond acceptors (Lipinski definition) is 5. The van der Waals surface area contributed by atoms with Gasteiger partial charge in [-0.1, -0.05) is 42.0 Å². The second-order valence-corrected chi connectivity index (χ2v) is 9.15. The second-order valence-electron chi connectivity index (χ2n) is 7.04. The molecule has 0 bridgehead atoms. The minimum Gasteiger partial charge on any atom is -0.497 e. The number of benzene rings is 3. The molecule has 0 aliphatic heterocycles. The van der Waals surface area contributed by atoms with Gasteiger partial charge >= 0.3 is 0 Å². The Morgan fingerprint density at radius 3 is 2.26 bits per heavy atom. The summed E-state index contributed by atoms with van der Waals surface area (Å²) in [7, 11) is -2.14. The SMILES string of the molecule is COc1ccc(S(=O)(=O)CCC(=O)Nc2ccc(C)cc2C(=O)c2ccccc2)cc1. The summed E-state index contributed by atoms with van der Waals surface area (Å²) in [4.78, 5) is 25.5. The van der Waals surface area contributed by atoms with E-state index >= 15 is 0 Å². The number of carbonyl (C=O) groups is 2. The van der Waals surface area contributed by atoms with Gasteiger partial charge in [0.15, 0.2) is 15.6 Å². The summed E-state index contributed by atoms with van der Waals surface area (Å²) in [6.45, 7) is 1.86. The fraction of sp³-hybridized carbons (Fsp3) is 0.167. The predicted octanol–water partition coefficient (Wildman–Crippen LogP) is 4.04. The fourth-order valence-corrected chi connectivity index (χ4v) is 4.28. The summed E-state index contributed by atoms with van der Waals surface area (Å²) in [6, 6.07) is 19.9. The van der Waals surface area contributed by atoms with Crippen LogP contribution in [0.5, 0.6) is 5.75 Å². The van der Waals surface area contributed by atoms with Gasteiger partial charge in [0.25, 0.3) is 0 Å². The van der Waals surface area contributed by atoms with E-state index in [2.05, 4.69) is 5.32 Å². The summed E-state index contributed by atoms with van der Waals surface area (Å²) in [5, 5.41) is 2.69. The molecule has 3 aromatic rings. The molecule has 7 heteroatoms. The number of rotatable bonds is 8. The van der Waals surface area contributed by atoms with Crippen LogP contribution in [0, 0.1) is 6.92 Å². The second kappa shape index (κ2) is 9.57. The van der Waals surface area contributed by atoms with Gasteiger partial charge in [-0.25, -0.2) is 8.42 Å². The molecule has 0 saturated carbocycles. The van der Waals surface area contributed by atoms with Gasteiger partial charge in [0.1, 0.15) is 5.75 Å². The van der Waals surface area contributed by atoms with Crippen LogP contribution in [-0.4, -0.2) is 33.0 Å². The van der Waals surface area contributed by atoms with Crippen LogP contribution in [0.3, 0.4) is 0 Å². The van der Waals surface area contributed by atoms with Crippen molar-refractivity contribution < 1.29 is 22.7 Å². The first-order chi connectivity index (χ1) is 14.8. The zero-order chi connectivity index (χ0) is 22.4. The van der Waals surface area contributed by atoms with E-state index in [0.717, 1.165) is 5.56 Å². The molecular weight excluding hydrogens is 414 g/mol. The van der Waals surface area contributed by atoms with Gasteiger partial charge in [0.05, 0.1) is 23.4 Å². The highest BCUT2D eigenvalue weighted by Crippen LogP contribution is 2.22. The molecule has 0 aliphatic carbocycles. The maximum Gasteiger partial charge on any atom is 0.225 e. The topological polar surface area (TPSA) is 89.5 Å². The van der Waals surface area contributed by atoms with Crippen LogP contribution in [0.2, 0.25) is 0 Å². The Morgan fingerprint density at radius 2 is 1.61 bits per heavy atom. The molecular formula is C24H23NO5S. The first-order valence-electron chi connectivity index (χ1n) is 9.67. The number of anilines is 1. The Kier molecular flexibility index (Phi) is 6.87. The van der Waals surface area contributed by atoms with E-state index < -0.39 is 15.7 Å². The summed E-state index contributed by atoms with van der Waals surface area (Å²) >= 11 is 0. The minimum absolute atomic E-state index is 0.122. The Labute approximate surface area is 181 Å². The average molecular weight is 438 g/mol. The molecule has 0 aliphatic rings. The summed E-state index contributed by atoms with van der Waals surface area (Å²) in [5.74, 6) is -0.501. The molecule has 160 valence electrons. The Hall–Kier alpha value is -3.45. The first-order valence-corrected chi connectivity index (χ1v) is 11.3. The monoisotopic (exact) mass is 437 g/mol. The van der Waals surface area contributed by atoms with Crippen LogP contribution < -0.4 is 10.1 Å². The van der Waals surface area contributed by atoms with Crippen LogP contribution in [0.1, 0.15) is 27.9 Å². The van der Waals surface area contributed by atoms with Gasteiger partial charge in [-0.3, -0.25) is 9.59 Å². The lowest BCUT2D eigenvalue weighted by Crippen LogP contribution is -2.19. The van der Waals surface area contributed by atoms with E-state index in [9.17, 15) is 18.0 Å². The zero-order valence-corrected chi connectivity index (χ0v) is 18.1. The van der Waals surface area contributed by atoms with E-state index in [0.29, 0.717) is 22.6 Å². The highest BCUT2D eigenvalue weighted by molar-refractivity contribution is 7.91. The molecule has 6 nitrogen and oxygen atoms in total. The Balaban J connectivity index is 1.72. The lowest BCUT2D eigenvalue weighted by atomic mass is 9.99. The molecule has 0 aromatic heterocycles. The number of aryl methyl sites for hydroxylation is 1. The molecule has 1 amide bonds. The molecule has 0 radical (unpaired) electrons. The number of hydrogen-bond donors (Lipinski definition) is 1. The van der Waals surface area contributed by atoms with E-state index in [1.54, 1.807) is 54.6 Å². The fourth-order valence-electron chi connectivity index (χ4n) is 3.04. The third-order valence-electron chi connectivity index (χ3n) is 4.75. The van der Waals surface area contributed by atoms with Gasteiger partial charge in [-0.05, 0) is 43.3 Å². The largest absolute Gasteiger partial charge is 0.497 e. The van der Waals surface area contributed by atoms with Crippen molar-refractivity contribution in [2.75, 3.05) is 18.2 Å². The van der Waals surface area contributed by atoms with Crippen LogP contribution >= 0.6 is 0 Å². The molecule has 0 atom stereocenters. The predicted molar refractivity (Wildman–Crippen MR) is 119 cm³/mol. The highest BCUT2D eigenvalue weighted by atomic mass is 32.2. The number of sulfone groups is 1. The maximum absolute atomic E-state index is 12.9. The molecule has 1 N–H and O–H groups in total. The van der Waals surface area contributed by atoms with Crippen molar-refractivity contribution >= 4 is 27.2 Å².